The minimum atomic E-state index is 0.617. The third-order valence-electron chi connectivity index (χ3n) is 2.14. The van der Waals surface area contributed by atoms with Crippen LogP contribution in [0.25, 0.3) is 0 Å². The van der Waals surface area contributed by atoms with Crippen LogP contribution in [0.5, 0.6) is 5.75 Å². The summed E-state index contributed by atoms with van der Waals surface area (Å²) in [5, 5.41) is 2.02. The molecule has 0 saturated carbocycles. The van der Waals surface area contributed by atoms with Gasteiger partial charge in [-0.15, -0.1) is 0 Å². The van der Waals surface area contributed by atoms with Crippen molar-refractivity contribution in [3.63, 3.8) is 0 Å². The van der Waals surface area contributed by atoms with Crippen LogP contribution in [0, 0.1) is 5.92 Å². The topological polar surface area (TPSA) is 9.23 Å². The SMILES string of the molecule is COc1ccccc1CC(CBr)CBr. The molecule has 0 unspecified atom stereocenters. The second-order valence-electron chi connectivity index (χ2n) is 3.19. The zero-order chi connectivity index (χ0) is 10.4. The van der Waals surface area contributed by atoms with Gasteiger partial charge in [-0.3, -0.25) is 0 Å². The van der Waals surface area contributed by atoms with Crippen LogP contribution in [-0.2, 0) is 6.42 Å². The van der Waals surface area contributed by atoms with Gasteiger partial charge in [-0.25, -0.2) is 0 Å². The molecule has 0 bridgehead atoms. The average molecular weight is 322 g/mol. The van der Waals surface area contributed by atoms with Crippen molar-refractivity contribution in [3.05, 3.63) is 29.8 Å². The molecule has 0 heterocycles. The zero-order valence-electron chi connectivity index (χ0n) is 8.17. The first-order valence-electron chi connectivity index (χ1n) is 4.55. The molecule has 0 radical (unpaired) electrons. The van der Waals surface area contributed by atoms with Crippen LogP contribution in [0.4, 0.5) is 0 Å². The number of benzene rings is 1. The summed E-state index contributed by atoms with van der Waals surface area (Å²) in [5.74, 6) is 1.60. The number of ether oxygens (including phenoxy) is 1. The van der Waals surface area contributed by atoms with E-state index in [1.807, 2.05) is 12.1 Å². The molecule has 14 heavy (non-hydrogen) atoms. The summed E-state index contributed by atoms with van der Waals surface area (Å²) in [5.41, 5.74) is 1.28. The lowest BCUT2D eigenvalue weighted by Crippen LogP contribution is -2.08. The summed E-state index contributed by atoms with van der Waals surface area (Å²) in [6, 6.07) is 8.18. The Balaban J connectivity index is 2.74. The van der Waals surface area contributed by atoms with Gasteiger partial charge >= 0.3 is 0 Å². The molecular weight excluding hydrogens is 308 g/mol. The highest BCUT2D eigenvalue weighted by atomic mass is 79.9. The van der Waals surface area contributed by atoms with Crippen LogP contribution >= 0.6 is 31.9 Å². The van der Waals surface area contributed by atoms with Crippen LogP contribution in [-0.4, -0.2) is 17.8 Å². The van der Waals surface area contributed by atoms with Crippen molar-refractivity contribution < 1.29 is 4.74 Å². The summed E-state index contributed by atoms with van der Waals surface area (Å²) in [6.45, 7) is 0. The third kappa shape index (κ3) is 3.28. The van der Waals surface area contributed by atoms with E-state index in [1.165, 1.54) is 5.56 Å². The highest BCUT2D eigenvalue weighted by Gasteiger charge is 2.09. The maximum absolute atomic E-state index is 5.30. The Kier molecular flexibility index (Phi) is 5.56. The fourth-order valence-corrected chi connectivity index (χ4v) is 2.86. The van der Waals surface area contributed by atoms with E-state index in [4.69, 9.17) is 4.74 Å². The molecule has 0 spiro atoms. The van der Waals surface area contributed by atoms with E-state index in [-0.39, 0.29) is 0 Å². The smallest absolute Gasteiger partial charge is 0.122 e. The number of methoxy groups -OCH3 is 1. The predicted octanol–water partition coefficient (Wildman–Crippen LogP) is 3.64. The molecule has 0 fully saturated rings. The second-order valence-corrected chi connectivity index (χ2v) is 4.49. The molecule has 0 aliphatic heterocycles. The Morgan fingerprint density at radius 3 is 2.43 bits per heavy atom. The number of hydrogen-bond donors (Lipinski definition) is 0. The van der Waals surface area contributed by atoms with Crippen molar-refractivity contribution in [2.45, 2.75) is 6.42 Å². The molecule has 0 amide bonds. The van der Waals surface area contributed by atoms with Crippen molar-refractivity contribution in [1.82, 2.24) is 0 Å². The van der Waals surface area contributed by atoms with Gasteiger partial charge in [0, 0.05) is 10.7 Å². The maximum atomic E-state index is 5.30. The predicted molar refractivity (Wildman–Crippen MR) is 67.8 cm³/mol. The van der Waals surface area contributed by atoms with Crippen LogP contribution < -0.4 is 4.74 Å². The normalized spacial score (nSPS) is 10.6. The highest BCUT2D eigenvalue weighted by Crippen LogP contribution is 2.22. The first-order valence-corrected chi connectivity index (χ1v) is 6.80. The lowest BCUT2D eigenvalue weighted by Gasteiger charge is -2.13. The van der Waals surface area contributed by atoms with Gasteiger partial charge in [0.1, 0.15) is 5.75 Å². The molecule has 1 nitrogen and oxygen atoms in total. The van der Waals surface area contributed by atoms with Gasteiger partial charge < -0.3 is 4.74 Å². The van der Waals surface area contributed by atoms with Crippen LogP contribution in [0.2, 0.25) is 0 Å². The Morgan fingerprint density at radius 2 is 1.86 bits per heavy atom. The molecule has 0 saturated heterocycles. The Labute approximate surface area is 102 Å². The van der Waals surface area contributed by atoms with Crippen molar-refractivity contribution in [3.8, 4) is 5.75 Å². The Morgan fingerprint density at radius 1 is 1.21 bits per heavy atom. The molecule has 1 aromatic rings. The van der Waals surface area contributed by atoms with Gasteiger partial charge in [-0.05, 0) is 24.0 Å². The molecule has 3 heteroatoms. The van der Waals surface area contributed by atoms with Gasteiger partial charge in [0.15, 0.2) is 0 Å². The lowest BCUT2D eigenvalue weighted by molar-refractivity contribution is 0.407. The number of para-hydroxylation sites is 1. The molecule has 78 valence electrons. The molecular formula is C11H14Br2O. The number of alkyl halides is 2. The quantitative estimate of drug-likeness (QED) is 0.752. The third-order valence-corrected chi connectivity index (χ3v) is 3.97. The van der Waals surface area contributed by atoms with E-state index in [2.05, 4.69) is 44.0 Å². The lowest BCUT2D eigenvalue weighted by atomic mass is 10.0. The highest BCUT2D eigenvalue weighted by molar-refractivity contribution is 9.09. The molecule has 0 aliphatic rings. The fourth-order valence-electron chi connectivity index (χ4n) is 1.33. The zero-order valence-corrected chi connectivity index (χ0v) is 11.3. The Hall–Kier alpha value is -0.0200. The summed E-state index contributed by atoms with van der Waals surface area (Å²) in [7, 11) is 1.72. The van der Waals surface area contributed by atoms with Crippen LogP contribution in [0.15, 0.2) is 24.3 Å². The van der Waals surface area contributed by atoms with Gasteiger partial charge in [-0.2, -0.15) is 0 Å². The van der Waals surface area contributed by atoms with Crippen molar-refractivity contribution in [1.29, 1.82) is 0 Å². The van der Waals surface area contributed by atoms with Crippen LogP contribution in [0.1, 0.15) is 5.56 Å². The van der Waals surface area contributed by atoms with E-state index in [1.54, 1.807) is 7.11 Å². The van der Waals surface area contributed by atoms with Crippen molar-refractivity contribution >= 4 is 31.9 Å². The maximum Gasteiger partial charge on any atom is 0.122 e. The summed E-state index contributed by atoms with van der Waals surface area (Å²) < 4.78 is 5.30. The monoisotopic (exact) mass is 320 g/mol. The largest absolute Gasteiger partial charge is 0.496 e. The second kappa shape index (κ2) is 6.46. The molecule has 0 aromatic heterocycles. The van der Waals surface area contributed by atoms with E-state index in [9.17, 15) is 0 Å². The molecule has 1 rings (SSSR count). The van der Waals surface area contributed by atoms with Crippen molar-refractivity contribution in [2.24, 2.45) is 5.92 Å². The summed E-state index contributed by atoms with van der Waals surface area (Å²) >= 11 is 7.02. The fraction of sp³-hybridized carbons (Fsp3) is 0.455. The standard InChI is InChI=1S/C11H14Br2O/c1-14-11-5-3-2-4-10(11)6-9(7-12)8-13/h2-5,9H,6-8H2,1H3. The minimum absolute atomic E-state index is 0.617. The van der Waals surface area contributed by atoms with Gasteiger partial charge in [0.2, 0.25) is 0 Å². The van der Waals surface area contributed by atoms with Gasteiger partial charge in [0.25, 0.3) is 0 Å². The minimum Gasteiger partial charge on any atom is -0.496 e. The first-order chi connectivity index (χ1) is 6.81. The number of rotatable bonds is 5. The molecule has 0 aliphatic carbocycles. The van der Waals surface area contributed by atoms with E-state index in [0.29, 0.717) is 5.92 Å². The average Bonchev–Trinajstić information content (AvgIpc) is 2.26. The number of halogens is 2. The van der Waals surface area contributed by atoms with E-state index in [0.717, 1.165) is 22.8 Å². The van der Waals surface area contributed by atoms with E-state index >= 15 is 0 Å². The van der Waals surface area contributed by atoms with Gasteiger partial charge in [-0.1, -0.05) is 50.1 Å². The first kappa shape index (κ1) is 12.1. The van der Waals surface area contributed by atoms with Gasteiger partial charge in [0.05, 0.1) is 7.11 Å². The molecule has 0 atom stereocenters. The number of hydrogen-bond acceptors (Lipinski definition) is 1. The van der Waals surface area contributed by atoms with Crippen molar-refractivity contribution in [2.75, 3.05) is 17.8 Å². The van der Waals surface area contributed by atoms with E-state index < -0.39 is 0 Å². The molecule has 0 N–H and O–H groups in total. The summed E-state index contributed by atoms with van der Waals surface area (Å²) in [6.07, 6.45) is 1.04. The van der Waals surface area contributed by atoms with Crippen LogP contribution in [0.3, 0.4) is 0 Å². The molecule has 1 aromatic carbocycles. The Bertz CT molecular complexity index is 272. The summed E-state index contributed by atoms with van der Waals surface area (Å²) in [4.78, 5) is 0.